The fourth-order valence-electron chi connectivity index (χ4n) is 0.713. The van der Waals surface area contributed by atoms with Crippen molar-refractivity contribution < 1.29 is 9.53 Å². The Morgan fingerprint density at radius 1 is 1.69 bits per heavy atom. The molecule has 0 rings (SSSR count). The Bertz CT molecular complexity index is 151. The molecule has 0 aliphatic rings. The molecular weight excluding hydrogens is 186 g/mol. The third-order valence-electron chi connectivity index (χ3n) is 1.23. The largest absolute Gasteiger partial charge is 0.465 e. The molecule has 0 bridgehead atoms. The molecule has 3 nitrogen and oxygen atoms in total. The van der Waals surface area contributed by atoms with E-state index in [1.165, 1.54) is 0 Å². The summed E-state index contributed by atoms with van der Waals surface area (Å²) in [6.45, 7) is 7.01. The van der Waals surface area contributed by atoms with E-state index in [4.69, 9.17) is 4.74 Å². The van der Waals surface area contributed by atoms with Crippen molar-refractivity contribution in [1.82, 2.24) is 5.32 Å². The first-order chi connectivity index (χ1) is 6.31. The van der Waals surface area contributed by atoms with Crippen LogP contribution in [0.2, 0.25) is 0 Å². The van der Waals surface area contributed by atoms with Gasteiger partial charge in [-0.15, -0.1) is 6.58 Å². The predicted octanol–water partition coefficient (Wildman–Crippen LogP) is 1.06. The smallest absolute Gasteiger partial charge is 0.319 e. The number of carbonyl (C=O) groups excluding carboxylic acids is 1. The first-order valence-electron chi connectivity index (χ1n) is 4.36. The predicted molar refractivity (Wildman–Crippen MR) is 57.0 cm³/mol. The molecule has 0 spiro atoms. The Hall–Kier alpha value is -0.480. The molecule has 0 fully saturated rings. The van der Waals surface area contributed by atoms with Gasteiger partial charge in [-0.05, 0) is 6.92 Å². The second-order valence-corrected chi connectivity index (χ2v) is 3.50. The molecule has 0 aliphatic heterocycles. The average molecular weight is 203 g/mol. The molecule has 0 atom stereocenters. The van der Waals surface area contributed by atoms with E-state index in [1.54, 1.807) is 18.7 Å². The molecule has 76 valence electrons. The molecule has 0 aliphatic carbocycles. The van der Waals surface area contributed by atoms with Crippen LogP contribution < -0.4 is 5.32 Å². The maximum atomic E-state index is 10.8. The SMILES string of the molecule is C=CCSCCNCC(=O)OCC. The molecule has 4 heteroatoms. The number of ether oxygens (including phenoxy) is 1. The van der Waals surface area contributed by atoms with Crippen LogP contribution in [0.3, 0.4) is 0 Å². The second kappa shape index (κ2) is 9.61. The van der Waals surface area contributed by atoms with E-state index in [0.717, 1.165) is 18.1 Å². The minimum Gasteiger partial charge on any atom is -0.465 e. The molecule has 0 aromatic rings. The van der Waals surface area contributed by atoms with Crippen LogP contribution in [0.1, 0.15) is 6.92 Å². The minimum absolute atomic E-state index is 0.184. The molecule has 13 heavy (non-hydrogen) atoms. The van der Waals surface area contributed by atoms with Crippen LogP contribution in [0.4, 0.5) is 0 Å². The molecule has 0 saturated heterocycles. The van der Waals surface area contributed by atoms with Crippen molar-refractivity contribution in [1.29, 1.82) is 0 Å². The standard InChI is InChI=1S/C9H17NO2S/c1-3-6-13-7-5-10-8-9(11)12-4-2/h3,10H,1,4-8H2,2H3. The van der Waals surface area contributed by atoms with Crippen LogP contribution in [-0.4, -0.2) is 37.2 Å². The van der Waals surface area contributed by atoms with Crippen LogP contribution in [0.5, 0.6) is 0 Å². The highest BCUT2D eigenvalue weighted by Crippen LogP contribution is 1.96. The van der Waals surface area contributed by atoms with Crippen molar-refractivity contribution in [3.05, 3.63) is 12.7 Å². The monoisotopic (exact) mass is 203 g/mol. The minimum atomic E-state index is -0.184. The number of hydrogen-bond donors (Lipinski definition) is 1. The maximum absolute atomic E-state index is 10.8. The Labute approximate surface area is 83.9 Å². The van der Waals surface area contributed by atoms with E-state index in [1.807, 2.05) is 6.08 Å². The zero-order chi connectivity index (χ0) is 9.94. The van der Waals surface area contributed by atoms with Crippen molar-refractivity contribution in [2.75, 3.05) is 31.2 Å². The Kier molecular flexibility index (Phi) is 9.25. The number of hydrogen-bond acceptors (Lipinski definition) is 4. The Morgan fingerprint density at radius 3 is 3.08 bits per heavy atom. The van der Waals surface area contributed by atoms with Crippen LogP contribution >= 0.6 is 11.8 Å². The van der Waals surface area contributed by atoms with E-state index in [-0.39, 0.29) is 5.97 Å². The highest BCUT2D eigenvalue weighted by atomic mass is 32.2. The Balaban J connectivity index is 3.06. The van der Waals surface area contributed by atoms with Gasteiger partial charge in [0.25, 0.3) is 0 Å². The number of esters is 1. The highest BCUT2D eigenvalue weighted by Gasteiger charge is 1.98. The first kappa shape index (κ1) is 12.5. The second-order valence-electron chi connectivity index (χ2n) is 2.35. The first-order valence-corrected chi connectivity index (χ1v) is 5.51. The summed E-state index contributed by atoms with van der Waals surface area (Å²) in [5.74, 6) is 1.77. The summed E-state index contributed by atoms with van der Waals surface area (Å²) in [7, 11) is 0. The van der Waals surface area contributed by atoms with Crippen molar-refractivity contribution in [2.24, 2.45) is 0 Å². The van der Waals surface area contributed by atoms with E-state index in [2.05, 4.69) is 11.9 Å². The molecule has 0 saturated carbocycles. The summed E-state index contributed by atoms with van der Waals surface area (Å²) in [6.07, 6.45) is 1.87. The van der Waals surface area contributed by atoms with Gasteiger partial charge in [0.1, 0.15) is 0 Å². The maximum Gasteiger partial charge on any atom is 0.319 e. The fourth-order valence-corrected chi connectivity index (χ4v) is 1.34. The zero-order valence-corrected chi connectivity index (χ0v) is 8.86. The van der Waals surface area contributed by atoms with E-state index in [9.17, 15) is 4.79 Å². The van der Waals surface area contributed by atoms with Crippen LogP contribution in [0, 0.1) is 0 Å². The third-order valence-corrected chi connectivity index (χ3v) is 2.20. The molecule has 0 aromatic carbocycles. The number of rotatable bonds is 8. The van der Waals surface area contributed by atoms with Crippen LogP contribution in [-0.2, 0) is 9.53 Å². The summed E-state index contributed by atoms with van der Waals surface area (Å²) in [6, 6.07) is 0. The van der Waals surface area contributed by atoms with Crippen LogP contribution in [0.15, 0.2) is 12.7 Å². The van der Waals surface area contributed by atoms with Gasteiger partial charge in [-0.2, -0.15) is 11.8 Å². The van der Waals surface area contributed by atoms with Crippen LogP contribution in [0.25, 0.3) is 0 Å². The highest BCUT2D eigenvalue weighted by molar-refractivity contribution is 7.99. The molecule has 0 aromatic heterocycles. The van der Waals surface area contributed by atoms with Gasteiger partial charge in [0, 0.05) is 18.1 Å². The van der Waals surface area contributed by atoms with Crippen molar-refractivity contribution in [3.63, 3.8) is 0 Å². The number of nitrogens with one attached hydrogen (secondary N) is 1. The summed E-state index contributed by atoms with van der Waals surface area (Å²) in [4.78, 5) is 10.8. The third kappa shape index (κ3) is 9.43. The lowest BCUT2D eigenvalue weighted by molar-refractivity contribution is -0.141. The number of thioether (sulfide) groups is 1. The lowest BCUT2D eigenvalue weighted by Gasteiger charge is -2.03. The lowest BCUT2D eigenvalue weighted by atomic mass is 10.6. The Morgan fingerprint density at radius 2 is 2.46 bits per heavy atom. The van der Waals surface area contributed by atoms with Crippen molar-refractivity contribution >= 4 is 17.7 Å². The quantitative estimate of drug-likeness (QED) is 0.364. The average Bonchev–Trinajstić information content (AvgIpc) is 2.11. The fraction of sp³-hybridized carbons (Fsp3) is 0.667. The van der Waals surface area contributed by atoms with Gasteiger partial charge in [0.2, 0.25) is 0 Å². The van der Waals surface area contributed by atoms with Gasteiger partial charge < -0.3 is 10.1 Å². The summed E-state index contributed by atoms with van der Waals surface area (Å²) >= 11 is 1.79. The molecule has 0 unspecified atom stereocenters. The van der Waals surface area contributed by atoms with E-state index < -0.39 is 0 Å². The molecule has 0 heterocycles. The summed E-state index contributed by atoms with van der Waals surface area (Å²) in [5, 5.41) is 3.00. The molecule has 1 N–H and O–H groups in total. The van der Waals surface area contributed by atoms with E-state index >= 15 is 0 Å². The van der Waals surface area contributed by atoms with E-state index in [0.29, 0.717) is 13.2 Å². The molecular formula is C9H17NO2S. The van der Waals surface area contributed by atoms with Crippen molar-refractivity contribution in [2.45, 2.75) is 6.92 Å². The van der Waals surface area contributed by atoms with Gasteiger partial charge in [0.05, 0.1) is 13.2 Å². The van der Waals surface area contributed by atoms with Gasteiger partial charge in [0.15, 0.2) is 0 Å². The normalized spacial score (nSPS) is 9.62. The topological polar surface area (TPSA) is 38.3 Å². The molecule has 0 radical (unpaired) electrons. The van der Waals surface area contributed by atoms with Gasteiger partial charge >= 0.3 is 5.97 Å². The lowest BCUT2D eigenvalue weighted by Crippen LogP contribution is -2.26. The summed E-state index contributed by atoms with van der Waals surface area (Å²) < 4.78 is 4.75. The van der Waals surface area contributed by atoms with Gasteiger partial charge in [-0.25, -0.2) is 0 Å². The van der Waals surface area contributed by atoms with Gasteiger partial charge in [-0.3, -0.25) is 4.79 Å². The van der Waals surface area contributed by atoms with Crippen molar-refractivity contribution in [3.8, 4) is 0 Å². The molecule has 0 amide bonds. The van der Waals surface area contributed by atoms with Gasteiger partial charge in [-0.1, -0.05) is 6.08 Å². The number of carbonyl (C=O) groups is 1. The summed E-state index contributed by atoms with van der Waals surface area (Å²) in [5.41, 5.74) is 0. The zero-order valence-electron chi connectivity index (χ0n) is 8.04.